The van der Waals surface area contributed by atoms with E-state index in [1.54, 1.807) is 0 Å². The average Bonchev–Trinajstić information content (AvgIpc) is 3.66. The van der Waals surface area contributed by atoms with Gasteiger partial charge in [-0.05, 0) is 115 Å². The van der Waals surface area contributed by atoms with Gasteiger partial charge in [-0.15, -0.1) is 11.3 Å². The molecular weight excluding hydrogens is 577 g/mol. The first kappa shape index (κ1) is 24.8. The van der Waals surface area contributed by atoms with E-state index in [-0.39, 0.29) is 0 Å². The Labute approximate surface area is 268 Å². The summed E-state index contributed by atoms with van der Waals surface area (Å²) in [6, 6.07) is 47.0. The molecule has 1 aliphatic carbocycles. The minimum absolute atomic E-state index is 0.926. The van der Waals surface area contributed by atoms with Crippen molar-refractivity contribution in [3.05, 3.63) is 137 Å². The molecule has 46 heavy (non-hydrogen) atoms. The highest BCUT2D eigenvalue weighted by atomic mass is 32.1. The molecule has 214 valence electrons. The quantitative estimate of drug-likeness (QED) is 0.179. The first-order valence-electron chi connectivity index (χ1n) is 16.1. The number of furan rings is 1. The molecule has 11 rings (SSSR count). The van der Waals surface area contributed by atoms with Crippen molar-refractivity contribution in [3.8, 4) is 22.3 Å². The first-order chi connectivity index (χ1) is 22.8. The third kappa shape index (κ3) is 3.29. The van der Waals surface area contributed by atoms with Crippen molar-refractivity contribution in [2.45, 2.75) is 12.8 Å². The summed E-state index contributed by atoms with van der Waals surface area (Å²) in [7, 11) is 0. The standard InChI is InChI=1S/C44H26OS/c1-2-10-26-23-38-35(21-25(26)9-1)29-20-19-28(24-37(29)45-38)41-30-12-3-5-14-32(30)43(33-15-6-4-13-31(33)41)36-22-27-11-7-17-39-42(27)44-34(36)16-8-18-40(44)46-39/h1-7,9-15,17-24H,8,16H2. The Morgan fingerprint density at radius 3 is 1.96 bits per heavy atom. The molecule has 0 saturated heterocycles. The van der Waals surface area contributed by atoms with Gasteiger partial charge in [-0.1, -0.05) is 97.1 Å². The summed E-state index contributed by atoms with van der Waals surface area (Å²) in [5, 5.41) is 14.1. The van der Waals surface area contributed by atoms with E-state index in [4.69, 9.17) is 4.42 Å². The summed E-state index contributed by atoms with van der Waals surface area (Å²) in [6.07, 6.45) is 4.61. The second-order valence-corrected chi connectivity index (χ2v) is 13.8. The van der Waals surface area contributed by atoms with Gasteiger partial charge in [0.05, 0.1) is 0 Å². The van der Waals surface area contributed by atoms with Crippen LogP contribution in [0.15, 0.2) is 132 Å². The molecule has 0 spiro atoms. The van der Waals surface area contributed by atoms with Crippen molar-refractivity contribution in [2.75, 3.05) is 0 Å². The van der Waals surface area contributed by atoms with Gasteiger partial charge in [-0.2, -0.15) is 0 Å². The van der Waals surface area contributed by atoms with Gasteiger partial charge < -0.3 is 4.42 Å². The van der Waals surface area contributed by atoms with Crippen LogP contribution < -0.4 is 4.53 Å². The molecule has 0 bridgehead atoms. The summed E-state index contributed by atoms with van der Waals surface area (Å²) in [4.78, 5) is 0. The molecule has 0 radical (unpaired) electrons. The fraction of sp³-hybridized carbons (Fsp3) is 0.0455. The molecule has 10 aromatic rings. The van der Waals surface area contributed by atoms with Crippen LogP contribution in [0.4, 0.5) is 0 Å². The lowest BCUT2D eigenvalue weighted by Gasteiger charge is -2.21. The third-order valence-corrected chi connectivity index (χ3v) is 11.4. The lowest BCUT2D eigenvalue weighted by atomic mass is 9.82. The average molecular weight is 603 g/mol. The van der Waals surface area contributed by atoms with Gasteiger partial charge in [0.1, 0.15) is 11.2 Å². The molecule has 0 fully saturated rings. The second-order valence-electron chi connectivity index (χ2n) is 12.7. The smallest absolute Gasteiger partial charge is 0.136 e. The van der Waals surface area contributed by atoms with Gasteiger partial charge in [0.2, 0.25) is 0 Å². The summed E-state index contributed by atoms with van der Waals surface area (Å²) in [5.41, 5.74) is 8.54. The zero-order valence-corrected chi connectivity index (χ0v) is 25.7. The summed E-state index contributed by atoms with van der Waals surface area (Å²) >= 11 is 1.95. The van der Waals surface area contributed by atoms with Crippen LogP contribution in [0, 0.1) is 0 Å². The monoisotopic (exact) mass is 602 g/mol. The second kappa shape index (κ2) is 9.06. The number of thiophene rings is 1. The lowest BCUT2D eigenvalue weighted by molar-refractivity contribution is 0.669. The minimum atomic E-state index is 0.926. The Bertz CT molecular complexity index is 2920. The van der Waals surface area contributed by atoms with Crippen LogP contribution in [-0.2, 0) is 6.42 Å². The molecule has 1 nitrogen and oxygen atoms in total. The molecule has 0 amide bonds. The van der Waals surface area contributed by atoms with Crippen LogP contribution >= 0.6 is 11.3 Å². The van der Waals surface area contributed by atoms with E-state index in [1.807, 2.05) is 11.3 Å². The van der Waals surface area contributed by atoms with Crippen LogP contribution in [0.3, 0.4) is 0 Å². The summed E-state index contributed by atoms with van der Waals surface area (Å²) in [5.74, 6) is 0. The van der Waals surface area contributed by atoms with Gasteiger partial charge in [-0.25, -0.2) is 0 Å². The van der Waals surface area contributed by atoms with Crippen LogP contribution in [0.5, 0.6) is 0 Å². The van der Waals surface area contributed by atoms with E-state index in [0.29, 0.717) is 0 Å². The van der Waals surface area contributed by atoms with Gasteiger partial charge in [0.25, 0.3) is 0 Å². The molecule has 2 heterocycles. The zero-order chi connectivity index (χ0) is 29.9. The number of benzene rings is 8. The fourth-order valence-electron chi connectivity index (χ4n) is 8.31. The molecular formula is C44H26OS. The van der Waals surface area contributed by atoms with Crippen molar-refractivity contribution >= 4 is 92.5 Å². The van der Waals surface area contributed by atoms with Crippen LogP contribution in [0.2, 0.25) is 0 Å². The van der Waals surface area contributed by atoms with Crippen molar-refractivity contribution in [1.82, 2.24) is 0 Å². The third-order valence-electron chi connectivity index (χ3n) is 10.3. The summed E-state index contributed by atoms with van der Waals surface area (Å²) < 4.78 is 9.38. The van der Waals surface area contributed by atoms with E-state index in [0.717, 1.165) is 29.4 Å². The molecule has 0 aliphatic heterocycles. The fourth-order valence-corrected chi connectivity index (χ4v) is 9.55. The van der Waals surface area contributed by atoms with E-state index < -0.39 is 0 Å². The topological polar surface area (TPSA) is 13.1 Å². The number of rotatable bonds is 2. The highest BCUT2D eigenvalue weighted by Crippen LogP contribution is 2.48. The highest BCUT2D eigenvalue weighted by molar-refractivity contribution is 7.18. The normalized spacial score (nSPS) is 13.2. The van der Waals surface area contributed by atoms with Crippen LogP contribution in [-0.4, -0.2) is 0 Å². The molecule has 0 unspecified atom stereocenters. The Hall–Kier alpha value is -5.44. The van der Waals surface area contributed by atoms with Crippen LogP contribution in [0.1, 0.15) is 12.0 Å². The Morgan fingerprint density at radius 2 is 1.17 bits per heavy atom. The molecule has 0 saturated carbocycles. The lowest BCUT2D eigenvalue weighted by Crippen LogP contribution is -2.06. The molecule has 8 aromatic carbocycles. The van der Waals surface area contributed by atoms with Crippen molar-refractivity contribution < 1.29 is 4.42 Å². The predicted octanol–water partition coefficient (Wildman–Crippen LogP) is 12.2. The number of hydrogen-bond acceptors (Lipinski definition) is 2. The molecule has 2 aromatic heterocycles. The zero-order valence-electron chi connectivity index (χ0n) is 24.9. The number of hydrogen-bond donors (Lipinski definition) is 0. The largest absolute Gasteiger partial charge is 0.456 e. The first-order valence-corrected chi connectivity index (χ1v) is 16.9. The maximum atomic E-state index is 6.55. The van der Waals surface area contributed by atoms with Crippen molar-refractivity contribution in [1.29, 1.82) is 0 Å². The number of aryl methyl sites for hydroxylation is 1. The summed E-state index contributed by atoms with van der Waals surface area (Å²) in [6.45, 7) is 0. The molecule has 0 atom stereocenters. The Morgan fingerprint density at radius 1 is 0.500 bits per heavy atom. The van der Waals surface area contributed by atoms with E-state index in [9.17, 15) is 0 Å². The van der Waals surface area contributed by atoms with E-state index in [2.05, 4.69) is 133 Å². The highest BCUT2D eigenvalue weighted by Gasteiger charge is 2.23. The minimum Gasteiger partial charge on any atom is -0.456 e. The molecule has 1 aliphatic rings. The Balaban J connectivity index is 1.23. The van der Waals surface area contributed by atoms with Crippen LogP contribution in [0.25, 0.3) is 103 Å². The predicted molar refractivity (Wildman–Crippen MR) is 198 cm³/mol. The van der Waals surface area contributed by atoms with Gasteiger partial charge in [0, 0.05) is 30.8 Å². The van der Waals surface area contributed by atoms with E-state index in [1.165, 1.54) is 90.9 Å². The van der Waals surface area contributed by atoms with Gasteiger partial charge >= 0.3 is 0 Å². The van der Waals surface area contributed by atoms with Crippen molar-refractivity contribution in [2.24, 2.45) is 0 Å². The molecule has 2 heteroatoms. The maximum Gasteiger partial charge on any atom is 0.136 e. The molecule has 0 N–H and O–H groups in total. The maximum absolute atomic E-state index is 6.55. The van der Waals surface area contributed by atoms with E-state index >= 15 is 0 Å². The SMILES string of the molecule is C1=c2sc3cccc4cc(-c5c6ccccc6c(-c6ccc7c(c6)oc6cc8ccccc8cc67)c6ccccc56)c(c2c43)CC1. The van der Waals surface area contributed by atoms with Crippen molar-refractivity contribution in [3.63, 3.8) is 0 Å². The van der Waals surface area contributed by atoms with Gasteiger partial charge in [0.15, 0.2) is 0 Å². The Kier molecular flexibility index (Phi) is 4.89. The van der Waals surface area contributed by atoms with Gasteiger partial charge in [-0.3, -0.25) is 0 Å². The number of fused-ring (bicyclic) bond motifs is 6.